The van der Waals surface area contributed by atoms with Gasteiger partial charge < -0.3 is 10.2 Å². The fraction of sp³-hybridized carbons (Fsp3) is 0.417. The maximum Gasteiger partial charge on any atom is 0.314 e. The van der Waals surface area contributed by atoms with Crippen molar-refractivity contribution >= 4 is 21.9 Å². The van der Waals surface area contributed by atoms with Crippen LogP contribution >= 0.6 is 15.9 Å². The lowest BCUT2D eigenvalue weighted by Crippen LogP contribution is -2.20. The van der Waals surface area contributed by atoms with Crippen molar-refractivity contribution in [3.8, 4) is 5.75 Å². The third-order valence-corrected chi connectivity index (χ3v) is 3.67. The predicted octanol–water partition coefficient (Wildman–Crippen LogP) is 2.83. The van der Waals surface area contributed by atoms with Crippen LogP contribution in [-0.4, -0.2) is 16.2 Å². The van der Waals surface area contributed by atoms with E-state index in [1.54, 1.807) is 6.07 Å². The van der Waals surface area contributed by atoms with E-state index in [1.165, 1.54) is 0 Å². The van der Waals surface area contributed by atoms with Gasteiger partial charge in [0, 0.05) is 10.0 Å². The van der Waals surface area contributed by atoms with Crippen LogP contribution in [0, 0.1) is 0 Å². The molecule has 0 bridgehead atoms. The summed E-state index contributed by atoms with van der Waals surface area (Å²) >= 11 is 3.35. The largest absolute Gasteiger partial charge is 0.507 e. The Labute approximate surface area is 102 Å². The monoisotopic (exact) mass is 284 g/mol. The zero-order valence-corrected chi connectivity index (χ0v) is 10.5. The van der Waals surface area contributed by atoms with Crippen molar-refractivity contribution in [1.29, 1.82) is 0 Å². The van der Waals surface area contributed by atoms with Crippen molar-refractivity contribution in [3.05, 3.63) is 27.7 Å². The average Bonchev–Trinajstić information content (AvgIpc) is 3.02. The van der Waals surface area contributed by atoms with Crippen molar-refractivity contribution in [2.45, 2.75) is 31.6 Å². The van der Waals surface area contributed by atoms with Gasteiger partial charge in [-0.2, -0.15) is 0 Å². The second-order valence-corrected chi connectivity index (χ2v) is 5.12. The molecule has 1 fully saturated rings. The highest BCUT2D eigenvalue weighted by atomic mass is 79.9. The molecule has 1 aliphatic rings. The molecule has 0 atom stereocenters. The summed E-state index contributed by atoms with van der Waals surface area (Å²) in [5.74, 6) is -0.700. The fourth-order valence-corrected chi connectivity index (χ4v) is 2.52. The van der Waals surface area contributed by atoms with Gasteiger partial charge >= 0.3 is 5.97 Å². The van der Waals surface area contributed by atoms with E-state index < -0.39 is 11.4 Å². The lowest BCUT2D eigenvalue weighted by molar-refractivity contribution is -0.140. The number of hydrogen-bond acceptors (Lipinski definition) is 2. The second kappa shape index (κ2) is 3.77. The van der Waals surface area contributed by atoms with Gasteiger partial charge in [0.15, 0.2) is 0 Å². The van der Waals surface area contributed by atoms with Crippen LogP contribution in [0.3, 0.4) is 0 Å². The number of aryl methyl sites for hydroxylation is 1. The van der Waals surface area contributed by atoms with Gasteiger partial charge in [-0.15, -0.1) is 0 Å². The summed E-state index contributed by atoms with van der Waals surface area (Å²) in [7, 11) is 0. The molecule has 1 aromatic carbocycles. The van der Waals surface area contributed by atoms with Crippen LogP contribution in [0.1, 0.15) is 30.9 Å². The Hall–Kier alpha value is -1.03. The molecule has 4 heteroatoms. The number of benzene rings is 1. The number of halogens is 1. The molecule has 86 valence electrons. The molecule has 0 unspecified atom stereocenters. The van der Waals surface area contributed by atoms with Gasteiger partial charge in [-0.25, -0.2) is 0 Å². The van der Waals surface area contributed by atoms with Crippen LogP contribution in [0.5, 0.6) is 5.75 Å². The molecule has 1 aliphatic carbocycles. The quantitative estimate of drug-likeness (QED) is 0.897. The van der Waals surface area contributed by atoms with Crippen molar-refractivity contribution in [3.63, 3.8) is 0 Å². The zero-order chi connectivity index (χ0) is 11.9. The van der Waals surface area contributed by atoms with E-state index in [1.807, 2.05) is 13.0 Å². The number of aliphatic carboxylic acids is 1. The Morgan fingerprint density at radius 2 is 2.12 bits per heavy atom. The van der Waals surface area contributed by atoms with Crippen molar-refractivity contribution in [1.82, 2.24) is 0 Å². The van der Waals surface area contributed by atoms with Gasteiger partial charge in [0.2, 0.25) is 0 Å². The summed E-state index contributed by atoms with van der Waals surface area (Å²) in [5.41, 5.74) is 0.487. The molecule has 16 heavy (non-hydrogen) atoms. The summed E-state index contributed by atoms with van der Waals surface area (Å²) in [4.78, 5) is 11.2. The van der Waals surface area contributed by atoms with E-state index in [0.717, 1.165) is 10.0 Å². The maximum absolute atomic E-state index is 11.2. The second-order valence-electron chi connectivity index (χ2n) is 4.20. The van der Waals surface area contributed by atoms with Gasteiger partial charge in [0.1, 0.15) is 5.75 Å². The normalized spacial score (nSPS) is 17.1. The predicted molar refractivity (Wildman–Crippen MR) is 63.7 cm³/mol. The van der Waals surface area contributed by atoms with Crippen LogP contribution in [-0.2, 0) is 16.6 Å². The zero-order valence-electron chi connectivity index (χ0n) is 8.96. The summed E-state index contributed by atoms with van der Waals surface area (Å²) in [6.45, 7) is 1.94. The average molecular weight is 285 g/mol. The van der Waals surface area contributed by atoms with E-state index in [9.17, 15) is 15.0 Å². The molecule has 0 amide bonds. The summed E-state index contributed by atoms with van der Waals surface area (Å²) in [6.07, 6.45) is 1.90. The topological polar surface area (TPSA) is 57.5 Å². The van der Waals surface area contributed by atoms with E-state index in [2.05, 4.69) is 15.9 Å². The van der Waals surface area contributed by atoms with Gasteiger partial charge in [0.25, 0.3) is 0 Å². The smallest absolute Gasteiger partial charge is 0.314 e. The number of rotatable bonds is 3. The molecule has 0 spiro atoms. The third kappa shape index (κ3) is 1.61. The lowest BCUT2D eigenvalue weighted by atomic mass is 9.92. The first kappa shape index (κ1) is 11.5. The molecule has 0 heterocycles. The van der Waals surface area contributed by atoms with Crippen molar-refractivity contribution in [2.24, 2.45) is 0 Å². The van der Waals surface area contributed by atoms with Crippen molar-refractivity contribution < 1.29 is 15.0 Å². The molecule has 0 aromatic heterocycles. The molecular formula is C12H13BrO3. The van der Waals surface area contributed by atoms with E-state index in [0.29, 0.717) is 24.8 Å². The summed E-state index contributed by atoms with van der Waals surface area (Å²) in [5, 5.41) is 19.3. The van der Waals surface area contributed by atoms with Crippen LogP contribution in [0.15, 0.2) is 16.6 Å². The van der Waals surface area contributed by atoms with Crippen LogP contribution in [0.4, 0.5) is 0 Å². The Morgan fingerprint density at radius 1 is 1.50 bits per heavy atom. The molecule has 0 aliphatic heterocycles. The Balaban J connectivity index is 2.57. The number of phenols is 1. The Bertz CT molecular complexity index is 450. The van der Waals surface area contributed by atoms with E-state index in [-0.39, 0.29) is 5.75 Å². The van der Waals surface area contributed by atoms with Gasteiger partial charge in [-0.3, -0.25) is 4.79 Å². The highest BCUT2D eigenvalue weighted by Gasteiger charge is 2.53. The number of carboxylic acids is 1. The highest BCUT2D eigenvalue weighted by molar-refractivity contribution is 9.10. The van der Waals surface area contributed by atoms with Crippen LogP contribution < -0.4 is 0 Å². The van der Waals surface area contributed by atoms with Crippen LogP contribution in [0.2, 0.25) is 0 Å². The molecule has 2 N–H and O–H groups in total. The molecule has 0 radical (unpaired) electrons. The molecular weight excluding hydrogens is 272 g/mol. The highest BCUT2D eigenvalue weighted by Crippen LogP contribution is 2.52. The minimum absolute atomic E-state index is 0.144. The van der Waals surface area contributed by atoms with Crippen LogP contribution in [0.25, 0.3) is 0 Å². The molecule has 1 aromatic rings. The van der Waals surface area contributed by atoms with Crippen molar-refractivity contribution in [2.75, 3.05) is 0 Å². The van der Waals surface area contributed by atoms with Gasteiger partial charge in [-0.05, 0) is 37.0 Å². The minimum atomic E-state index is -0.849. The molecule has 1 saturated carbocycles. The minimum Gasteiger partial charge on any atom is -0.507 e. The number of carboxylic acid groups (broad SMARTS) is 1. The fourth-order valence-electron chi connectivity index (χ4n) is 2.01. The number of carbonyl (C=O) groups is 1. The standard InChI is InChI=1S/C12H13BrO3/c1-2-7-5-8(13)6-9(10(7)14)12(3-4-12)11(15)16/h5-6,14H,2-4H2,1H3,(H,15,16). The molecule has 3 nitrogen and oxygen atoms in total. The number of aromatic hydroxyl groups is 1. The van der Waals surface area contributed by atoms with E-state index >= 15 is 0 Å². The maximum atomic E-state index is 11.2. The Kier molecular flexibility index (Phi) is 2.70. The first-order valence-electron chi connectivity index (χ1n) is 5.26. The summed E-state index contributed by atoms with van der Waals surface area (Å²) < 4.78 is 0.824. The number of hydrogen-bond donors (Lipinski definition) is 2. The lowest BCUT2D eigenvalue weighted by Gasteiger charge is -2.15. The first-order valence-corrected chi connectivity index (χ1v) is 6.06. The van der Waals surface area contributed by atoms with Gasteiger partial charge in [0.05, 0.1) is 5.41 Å². The molecule has 0 saturated heterocycles. The summed E-state index contributed by atoms with van der Waals surface area (Å²) in [6, 6.07) is 3.55. The Morgan fingerprint density at radius 3 is 2.56 bits per heavy atom. The number of phenolic OH excluding ortho intramolecular Hbond substituents is 1. The van der Waals surface area contributed by atoms with Gasteiger partial charge in [-0.1, -0.05) is 22.9 Å². The third-order valence-electron chi connectivity index (χ3n) is 3.21. The first-order chi connectivity index (χ1) is 7.51. The van der Waals surface area contributed by atoms with E-state index in [4.69, 9.17) is 0 Å². The SMILES string of the molecule is CCc1cc(Br)cc(C2(C(=O)O)CC2)c1O. The molecule has 2 rings (SSSR count).